The van der Waals surface area contributed by atoms with E-state index in [1.54, 1.807) is 0 Å². The predicted molar refractivity (Wildman–Crippen MR) is 81.4 cm³/mol. The zero-order valence-corrected chi connectivity index (χ0v) is 12.9. The van der Waals surface area contributed by atoms with Crippen molar-refractivity contribution in [3.8, 4) is 0 Å². The number of hydrogen-bond donors (Lipinski definition) is 1. The van der Waals surface area contributed by atoms with Crippen LogP contribution in [0.3, 0.4) is 0 Å². The standard InChI is InChI=1S/C17H34O2/c1-2-3-4-5-6-7-8-9-16-10-12-17(13-11-16)19-15-14-18/h16-18H,2-15H2,1H3. The summed E-state index contributed by atoms with van der Waals surface area (Å²) in [7, 11) is 0. The van der Waals surface area contributed by atoms with E-state index in [-0.39, 0.29) is 6.61 Å². The van der Waals surface area contributed by atoms with Crippen LogP contribution < -0.4 is 0 Å². The summed E-state index contributed by atoms with van der Waals surface area (Å²) in [6, 6.07) is 0. The van der Waals surface area contributed by atoms with E-state index in [2.05, 4.69) is 6.92 Å². The Balaban J connectivity index is 1.89. The van der Waals surface area contributed by atoms with Crippen LogP contribution in [0, 0.1) is 5.92 Å². The number of unbranched alkanes of at least 4 members (excludes halogenated alkanes) is 6. The normalized spacial score (nSPS) is 23.7. The highest BCUT2D eigenvalue weighted by Crippen LogP contribution is 2.30. The summed E-state index contributed by atoms with van der Waals surface area (Å²) in [6.45, 7) is 2.96. The van der Waals surface area contributed by atoms with Crippen LogP contribution in [0.15, 0.2) is 0 Å². The van der Waals surface area contributed by atoms with Crippen molar-refractivity contribution in [3.63, 3.8) is 0 Å². The summed E-state index contributed by atoms with van der Waals surface area (Å²) in [4.78, 5) is 0. The summed E-state index contributed by atoms with van der Waals surface area (Å²) >= 11 is 0. The summed E-state index contributed by atoms with van der Waals surface area (Å²) < 4.78 is 5.61. The zero-order chi connectivity index (χ0) is 13.8. The molecule has 1 aliphatic carbocycles. The molecular formula is C17H34O2. The van der Waals surface area contributed by atoms with E-state index in [0.717, 1.165) is 5.92 Å². The van der Waals surface area contributed by atoms with Gasteiger partial charge in [0.1, 0.15) is 0 Å². The lowest BCUT2D eigenvalue weighted by Crippen LogP contribution is -2.22. The fraction of sp³-hybridized carbons (Fsp3) is 1.00. The lowest BCUT2D eigenvalue weighted by Gasteiger charge is -2.28. The van der Waals surface area contributed by atoms with Gasteiger partial charge in [0.25, 0.3) is 0 Å². The number of hydrogen-bond acceptors (Lipinski definition) is 2. The molecule has 0 atom stereocenters. The molecule has 0 bridgehead atoms. The van der Waals surface area contributed by atoms with Gasteiger partial charge in [-0.3, -0.25) is 0 Å². The van der Waals surface area contributed by atoms with Crippen LogP contribution in [-0.2, 0) is 4.74 Å². The summed E-state index contributed by atoms with van der Waals surface area (Å²) in [6.07, 6.45) is 16.9. The van der Waals surface area contributed by atoms with E-state index >= 15 is 0 Å². The first-order valence-electron chi connectivity index (χ1n) is 8.59. The van der Waals surface area contributed by atoms with Crippen molar-refractivity contribution >= 4 is 0 Å². The van der Waals surface area contributed by atoms with Gasteiger partial charge < -0.3 is 9.84 Å². The third-order valence-electron chi connectivity index (χ3n) is 4.45. The molecule has 1 saturated carbocycles. The van der Waals surface area contributed by atoms with Crippen molar-refractivity contribution in [2.24, 2.45) is 5.92 Å². The molecule has 0 aromatic heterocycles. The molecule has 19 heavy (non-hydrogen) atoms. The van der Waals surface area contributed by atoms with Crippen LogP contribution in [0.4, 0.5) is 0 Å². The second kappa shape index (κ2) is 11.7. The second-order valence-electron chi connectivity index (χ2n) is 6.15. The van der Waals surface area contributed by atoms with Gasteiger partial charge in [-0.05, 0) is 31.6 Å². The fourth-order valence-corrected chi connectivity index (χ4v) is 3.20. The van der Waals surface area contributed by atoms with Gasteiger partial charge in [0.15, 0.2) is 0 Å². The largest absolute Gasteiger partial charge is 0.394 e. The quantitative estimate of drug-likeness (QED) is 0.552. The third-order valence-corrected chi connectivity index (χ3v) is 4.45. The predicted octanol–water partition coefficient (Wildman–Crippen LogP) is 4.69. The van der Waals surface area contributed by atoms with Gasteiger partial charge in [-0.1, -0.05) is 58.3 Å². The smallest absolute Gasteiger partial charge is 0.0701 e. The molecule has 0 aromatic carbocycles. The highest BCUT2D eigenvalue weighted by molar-refractivity contribution is 4.72. The van der Waals surface area contributed by atoms with Crippen molar-refractivity contribution in [1.29, 1.82) is 0 Å². The first-order chi connectivity index (χ1) is 9.36. The molecule has 1 aliphatic rings. The molecule has 0 aromatic rings. The van der Waals surface area contributed by atoms with Gasteiger partial charge in [0.2, 0.25) is 0 Å². The molecule has 2 nitrogen and oxygen atoms in total. The lowest BCUT2D eigenvalue weighted by molar-refractivity contribution is -0.000329. The average molecular weight is 270 g/mol. The fourth-order valence-electron chi connectivity index (χ4n) is 3.20. The lowest BCUT2D eigenvalue weighted by atomic mass is 9.84. The Hall–Kier alpha value is -0.0800. The minimum atomic E-state index is 0.165. The Morgan fingerprint density at radius 3 is 2.16 bits per heavy atom. The Labute approximate surface area is 119 Å². The molecule has 0 aliphatic heterocycles. The maximum Gasteiger partial charge on any atom is 0.0701 e. The topological polar surface area (TPSA) is 29.5 Å². The molecule has 0 unspecified atom stereocenters. The number of aliphatic hydroxyl groups excluding tert-OH is 1. The average Bonchev–Trinajstić information content (AvgIpc) is 2.45. The van der Waals surface area contributed by atoms with Gasteiger partial charge >= 0.3 is 0 Å². The summed E-state index contributed by atoms with van der Waals surface area (Å²) in [5.41, 5.74) is 0. The maximum absolute atomic E-state index is 8.74. The maximum atomic E-state index is 8.74. The molecule has 114 valence electrons. The number of rotatable bonds is 11. The highest BCUT2D eigenvalue weighted by Gasteiger charge is 2.20. The second-order valence-corrected chi connectivity index (χ2v) is 6.15. The Kier molecular flexibility index (Phi) is 10.5. The van der Waals surface area contributed by atoms with Gasteiger partial charge in [-0.15, -0.1) is 0 Å². The molecule has 2 heteroatoms. The van der Waals surface area contributed by atoms with Gasteiger partial charge in [0, 0.05) is 0 Å². The molecule has 1 N–H and O–H groups in total. The van der Waals surface area contributed by atoms with Crippen LogP contribution in [0.2, 0.25) is 0 Å². The van der Waals surface area contributed by atoms with Crippen molar-refractivity contribution in [1.82, 2.24) is 0 Å². The van der Waals surface area contributed by atoms with Gasteiger partial charge in [-0.2, -0.15) is 0 Å². The van der Waals surface area contributed by atoms with Crippen LogP contribution >= 0.6 is 0 Å². The highest BCUT2D eigenvalue weighted by atomic mass is 16.5. The van der Waals surface area contributed by atoms with E-state index in [0.29, 0.717) is 12.7 Å². The van der Waals surface area contributed by atoms with Crippen LogP contribution in [0.1, 0.15) is 84.0 Å². The van der Waals surface area contributed by atoms with E-state index in [9.17, 15) is 0 Å². The van der Waals surface area contributed by atoms with Crippen molar-refractivity contribution in [2.75, 3.05) is 13.2 Å². The van der Waals surface area contributed by atoms with E-state index in [1.807, 2.05) is 0 Å². The van der Waals surface area contributed by atoms with E-state index in [4.69, 9.17) is 9.84 Å². The SMILES string of the molecule is CCCCCCCCCC1CCC(OCCO)CC1. The van der Waals surface area contributed by atoms with E-state index < -0.39 is 0 Å². The molecular weight excluding hydrogens is 236 g/mol. The minimum Gasteiger partial charge on any atom is -0.394 e. The van der Waals surface area contributed by atoms with Gasteiger partial charge in [-0.25, -0.2) is 0 Å². The number of ether oxygens (including phenoxy) is 1. The monoisotopic (exact) mass is 270 g/mol. The first-order valence-corrected chi connectivity index (χ1v) is 8.59. The Morgan fingerprint density at radius 1 is 0.895 bits per heavy atom. The summed E-state index contributed by atoms with van der Waals surface area (Å²) in [5.74, 6) is 0.949. The molecule has 1 rings (SSSR count). The molecule has 0 heterocycles. The molecule has 1 fully saturated rings. The Morgan fingerprint density at radius 2 is 1.53 bits per heavy atom. The van der Waals surface area contributed by atoms with Crippen molar-refractivity contribution < 1.29 is 9.84 Å². The van der Waals surface area contributed by atoms with Gasteiger partial charge in [0.05, 0.1) is 19.3 Å². The molecule has 0 amide bonds. The van der Waals surface area contributed by atoms with E-state index in [1.165, 1.54) is 77.0 Å². The van der Waals surface area contributed by atoms with Crippen molar-refractivity contribution in [2.45, 2.75) is 90.1 Å². The summed E-state index contributed by atoms with van der Waals surface area (Å²) in [5, 5.41) is 8.74. The number of aliphatic hydroxyl groups is 1. The third kappa shape index (κ3) is 8.65. The first kappa shape index (κ1) is 17.0. The van der Waals surface area contributed by atoms with Crippen molar-refractivity contribution in [3.05, 3.63) is 0 Å². The molecule has 0 radical (unpaired) electrons. The zero-order valence-electron chi connectivity index (χ0n) is 12.9. The molecule has 0 spiro atoms. The van der Waals surface area contributed by atoms with Crippen LogP contribution in [0.5, 0.6) is 0 Å². The Bertz CT molecular complexity index is 186. The molecule has 0 saturated heterocycles. The van der Waals surface area contributed by atoms with Crippen LogP contribution in [0.25, 0.3) is 0 Å². The minimum absolute atomic E-state index is 0.165. The van der Waals surface area contributed by atoms with Crippen LogP contribution in [-0.4, -0.2) is 24.4 Å².